The normalized spacial score (nSPS) is 14.4. The summed E-state index contributed by atoms with van der Waals surface area (Å²) in [6.07, 6.45) is 4.26. The van der Waals surface area contributed by atoms with Crippen molar-refractivity contribution in [2.45, 2.75) is 51.3 Å². The van der Waals surface area contributed by atoms with Crippen molar-refractivity contribution in [3.05, 3.63) is 58.3 Å². The lowest BCUT2D eigenvalue weighted by Crippen LogP contribution is -2.16. The van der Waals surface area contributed by atoms with Crippen LogP contribution in [0.4, 0.5) is 5.69 Å². The average Bonchev–Trinajstić information content (AvgIpc) is 2.91. The van der Waals surface area contributed by atoms with Crippen LogP contribution >= 0.6 is 0 Å². The number of benzene rings is 2. The summed E-state index contributed by atoms with van der Waals surface area (Å²) in [5.74, 6) is 1.05. The third-order valence-electron chi connectivity index (χ3n) is 5.08. The maximum Gasteiger partial charge on any atom is 0.262 e. The summed E-state index contributed by atoms with van der Waals surface area (Å²) < 4.78 is 34.7. The molecule has 1 heterocycles. The molecule has 4 rings (SSSR count). The molecule has 5 heteroatoms. The number of sulfonamides is 1. The summed E-state index contributed by atoms with van der Waals surface area (Å²) in [5, 5.41) is 1.03. The number of rotatable bonds is 3. The molecule has 0 saturated heterocycles. The molecule has 0 saturated carbocycles. The summed E-state index contributed by atoms with van der Waals surface area (Å²) in [4.78, 5) is 0.359. The van der Waals surface area contributed by atoms with Gasteiger partial charge in [-0.2, -0.15) is 0 Å². The molecular formula is C21H23NO3S. The Hall–Kier alpha value is -2.27. The van der Waals surface area contributed by atoms with Crippen LogP contribution in [0.1, 0.15) is 40.9 Å². The lowest BCUT2D eigenvalue weighted by Gasteiger charge is -2.14. The lowest BCUT2D eigenvalue weighted by atomic mass is 9.96. The van der Waals surface area contributed by atoms with Gasteiger partial charge < -0.3 is 4.42 Å². The number of furan rings is 1. The summed E-state index contributed by atoms with van der Waals surface area (Å²) in [6, 6.07) is 9.34. The van der Waals surface area contributed by atoms with Gasteiger partial charge in [0.15, 0.2) is 0 Å². The van der Waals surface area contributed by atoms with Crippen LogP contribution < -0.4 is 4.72 Å². The first-order chi connectivity index (χ1) is 12.3. The van der Waals surface area contributed by atoms with Crippen LogP contribution in [0.3, 0.4) is 0 Å². The molecule has 0 aliphatic heterocycles. The third-order valence-corrected chi connectivity index (χ3v) is 6.77. The van der Waals surface area contributed by atoms with Gasteiger partial charge in [0.25, 0.3) is 10.0 Å². The Bertz CT molecular complexity index is 1090. The van der Waals surface area contributed by atoms with Gasteiger partial charge in [0.2, 0.25) is 0 Å². The van der Waals surface area contributed by atoms with Crippen molar-refractivity contribution in [3.63, 3.8) is 0 Å². The summed E-state index contributed by atoms with van der Waals surface area (Å²) >= 11 is 0. The topological polar surface area (TPSA) is 59.3 Å². The first kappa shape index (κ1) is 17.2. The molecule has 0 fully saturated rings. The van der Waals surface area contributed by atoms with Gasteiger partial charge >= 0.3 is 0 Å². The van der Waals surface area contributed by atoms with E-state index in [-0.39, 0.29) is 0 Å². The quantitative estimate of drug-likeness (QED) is 0.704. The Morgan fingerprint density at radius 3 is 2.38 bits per heavy atom. The number of fused-ring (bicyclic) bond motifs is 3. The van der Waals surface area contributed by atoms with Crippen molar-refractivity contribution in [3.8, 4) is 0 Å². The fourth-order valence-corrected chi connectivity index (χ4v) is 5.63. The van der Waals surface area contributed by atoms with Crippen LogP contribution in [0, 0.1) is 20.8 Å². The lowest BCUT2D eigenvalue weighted by molar-refractivity contribution is 0.506. The molecule has 1 aliphatic rings. The summed E-state index contributed by atoms with van der Waals surface area (Å²) in [6.45, 7) is 5.65. The predicted octanol–water partition coefficient (Wildman–Crippen LogP) is 5.04. The molecule has 1 aliphatic carbocycles. The minimum Gasteiger partial charge on any atom is -0.461 e. The van der Waals surface area contributed by atoms with Crippen LogP contribution in [0.2, 0.25) is 0 Å². The van der Waals surface area contributed by atoms with Crippen molar-refractivity contribution < 1.29 is 12.8 Å². The van der Waals surface area contributed by atoms with Gasteiger partial charge in [0.1, 0.15) is 11.3 Å². The molecule has 3 aromatic rings. The zero-order chi connectivity index (χ0) is 18.5. The highest BCUT2D eigenvalue weighted by molar-refractivity contribution is 7.92. The van der Waals surface area contributed by atoms with Gasteiger partial charge in [-0.25, -0.2) is 8.42 Å². The number of nitrogens with one attached hydrogen (secondary N) is 1. The second-order valence-electron chi connectivity index (χ2n) is 7.26. The molecular weight excluding hydrogens is 346 g/mol. The number of anilines is 1. The van der Waals surface area contributed by atoms with E-state index in [1.165, 1.54) is 5.56 Å². The smallest absolute Gasteiger partial charge is 0.262 e. The van der Waals surface area contributed by atoms with E-state index >= 15 is 0 Å². The maximum atomic E-state index is 13.0. The van der Waals surface area contributed by atoms with Crippen LogP contribution in [-0.2, 0) is 22.9 Å². The van der Waals surface area contributed by atoms with Crippen LogP contribution in [0.25, 0.3) is 11.0 Å². The van der Waals surface area contributed by atoms with Crippen LogP contribution in [0.5, 0.6) is 0 Å². The second-order valence-corrected chi connectivity index (χ2v) is 8.87. The Balaban J connectivity index is 1.75. The molecule has 0 unspecified atom stereocenters. The van der Waals surface area contributed by atoms with Crippen molar-refractivity contribution >= 4 is 26.7 Å². The Morgan fingerprint density at radius 1 is 0.962 bits per heavy atom. The SMILES string of the molecule is Cc1cc(C)c(S(=O)(=O)Nc2ccc3oc4c(c3c2)CCCC4)c(C)c1. The van der Waals surface area contributed by atoms with E-state index in [2.05, 4.69) is 4.72 Å². The maximum absolute atomic E-state index is 13.0. The van der Waals surface area contributed by atoms with E-state index in [9.17, 15) is 8.42 Å². The van der Waals surface area contributed by atoms with E-state index in [0.717, 1.165) is 59.1 Å². The van der Waals surface area contributed by atoms with E-state index in [1.807, 2.05) is 45.0 Å². The van der Waals surface area contributed by atoms with E-state index < -0.39 is 10.0 Å². The molecule has 0 atom stereocenters. The second kappa shape index (κ2) is 6.16. The molecule has 0 radical (unpaired) electrons. The van der Waals surface area contributed by atoms with Gasteiger partial charge in [0.05, 0.1) is 4.90 Å². The van der Waals surface area contributed by atoms with Crippen molar-refractivity contribution in [1.29, 1.82) is 0 Å². The minimum absolute atomic E-state index is 0.359. The minimum atomic E-state index is -3.65. The number of hydrogen-bond acceptors (Lipinski definition) is 3. The first-order valence-corrected chi connectivity index (χ1v) is 10.5. The summed E-state index contributed by atoms with van der Waals surface area (Å²) in [5.41, 5.74) is 5.22. The van der Waals surface area contributed by atoms with Crippen molar-refractivity contribution in [2.75, 3.05) is 4.72 Å². The molecule has 2 aromatic carbocycles. The van der Waals surface area contributed by atoms with E-state index in [0.29, 0.717) is 10.6 Å². The van der Waals surface area contributed by atoms with Gasteiger partial charge in [0, 0.05) is 23.1 Å². The molecule has 1 aromatic heterocycles. The van der Waals surface area contributed by atoms with Crippen LogP contribution in [0.15, 0.2) is 39.6 Å². The average molecular weight is 369 g/mol. The fraction of sp³-hybridized carbons (Fsp3) is 0.333. The summed E-state index contributed by atoms with van der Waals surface area (Å²) in [7, 11) is -3.65. The number of aryl methyl sites for hydroxylation is 5. The monoisotopic (exact) mass is 369 g/mol. The largest absolute Gasteiger partial charge is 0.461 e. The molecule has 0 bridgehead atoms. The zero-order valence-electron chi connectivity index (χ0n) is 15.3. The van der Waals surface area contributed by atoms with Gasteiger partial charge in [-0.1, -0.05) is 17.7 Å². The third kappa shape index (κ3) is 2.90. The van der Waals surface area contributed by atoms with Crippen molar-refractivity contribution in [2.24, 2.45) is 0 Å². The molecule has 136 valence electrons. The number of hydrogen-bond donors (Lipinski definition) is 1. The molecule has 1 N–H and O–H groups in total. The highest BCUT2D eigenvalue weighted by atomic mass is 32.2. The molecule has 0 spiro atoms. The van der Waals surface area contributed by atoms with Crippen molar-refractivity contribution in [1.82, 2.24) is 0 Å². The Kier molecular flexibility index (Phi) is 4.07. The van der Waals surface area contributed by atoms with Crippen LogP contribution in [-0.4, -0.2) is 8.42 Å². The molecule has 4 nitrogen and oxygen atoms in total. The molecule has 26 heavy (non-hydrogen) atoms. The highest BCUT2D eigenvalue weighted by Gasteiger charge is 2.22. The van der Waals surface area contributed by atoms with Gasteiger partial charge in [-0.3, -0.25) is 4.72 Å². The fourth-order valence-electron chi connectivity index (χ4n) is 4.12. The van der Waals surface area contributed by atoms with E-state index in [1.54, 1.807) is 6.07 Å². The zero-order valence-corrected chi connectivity index (χ0v) is 16.2. The molecule has 0 amide bonds. The van der Waals surface area contributed by atoms with Gasteiger partial charge in [-0.15, -0.1) is 0 Å². The standard InChI is InChI=1S/C21H23NO3S/c1-13-10-14(2)21(15(3)11-13)26(23,24)22-16-8-9-20-18(12-16)17-6-4-5-7-19(17)25-20/h8-12,22H,4-7H2,1-3H3. The van der Waals surface area contributed by atoms with Gasteiger partial charge in [-0.05, 0) is 69.4 Å². The van der Waals surface area contributed by atoms with E-state index in [4.69, 9.17) is 4.42 Å². The Labute approximate surface area is 154 Å². The first-order valence-electron chi connectivity index (χ1n) is 9.00. The highest BCUT2D eigenvalue weighted by Crippen LogP contribution is 2.34. The predicted molar refractivity (Wildman–Crippen MR) is 104 cm³/mol. The Morgan fingerprint density at radius 2 is 1.65 bits per heavy atom.